The first kappa shape index (κ1) is 13.7. The smallest absolute Gasteiger partial charge is 0.452 e. The summed E-state index contributed by atoms with van der Waals surface area (Å²) < 4.78 is 15.7. The summed E-state index contributed by atoms with van der Waals surface area (Å²) in [5, 5.41) is 18.1. The molecule has 2 N–H and O–H groups in total. The molecule has 0 aromatic heterocycles. The second kappa shape index (κ2) is 5.13. The fourth-order valence-corrected chi connectivity index (χ4v) is 2.22. The molecule has 0 spiro atoms. The second-order valence-corrected chi connectivity index (χ2v) is 4.39. The average molecular weight is 272 g/mol. The first-order valence-corrected chi connectivity index (χ1v) is 5.76. The molecule has 0 amide bonds. The molecule has 0 aliphatic carbocycles. The van der Waals surface area contributed by atoms with Gasteiger partial charge in [0.05, 0.1) is 26.1 Å². The zero-order valence-corrected chi connectivity index (χ0v) is 10.0. The number of hydrogen-bond acceptors (Lipinski definition) is 6. The van der Waals surface area contributed by atoms with Gasteiger partial charge >= 0.3 is 17.7 Å². The van der Waals surface area contributed by atoms with E-state index in [4.69, 9.17) is 25.9 Å². The fraction of sp³-hybridized carbons (Fsp3) is 0.727. The van der Waals surface area contributed by atoms with Crippen molar-refractivity contribution in [2.24, 2.45) is 0 Å². The SMILES string of the molecule is C#[N+][C@]12OC[C@@H](O)[C@H]1OC[C@H]2OC(=O)CCC(=O)O. The molecule has 19 heavy (non-hydrogen) atoms. The molecule has 8 heteroatoms. The number of esters is 1. The standard InChI is InChI=1S/C11H13NO7/c1-12-11-7(19-9(16)3-2-8(14)15)5-17-10(11)6(13)4-18-11/h1,6-7,10,13H,2-5H2/p+1/t6-,7-,10-,11-/m1/s1. The molecule has 2 aliphatic heterocycles. The maximum Gasteiger partial charge on any atom is 0.452 e. The van der Waals surface area contributed by atoms with Crippen LogP contribution in [0.5, 0.6) is 0 Å². The van der Waals surface area contributed by atoms with Gasteiger partial charge in [-0.3, -0.25) is 14.3 Å². The van der Waals surface area contributed by atoms with Gasteiger partial charge in [-0.05, 0) is 4.85 Å². The van der Waals surface area contributed by atoms with Crippen LogP contribution in [0.4, 0.5) is 0 Å². The molecular formula is C11H14NO7+. The zero-order chi connectivity index (χ0) is 14.0. The Balaban J connectivity index is 2.00. The lowest BCUT2D eigenvalue weighted by atomic mass is 10.0. The molecule has 2 rings (SSSR count). The topological polar surface area (TPSA) is 107 Å². The van der Waals surface area contributed by atoms with Gasteiger partial charge in [0.15, 0.2) is 6.10 Å². The van der Waals surface area contributed by atoms with Crippen molar-refractivity contribution in [3.63, 3.8) is 0 Å². The first-order valence-electron chi connectivity index (χ1n) is 5.76. The van der Waals surface area contributed by atoms with E-state index >= 15 is 0 Å². The molecule has 2 fully saturated rings. The van der Waals surface area contributed by atoms with Crippen LogP contribution in [0.15, 0.2) is 0 Å². The Hall–Kier alpha value is -1.69. The quantitative estimate of drug-likeness (QED) is 0.646. The van der Waals surface area contributed by atoms with Gasteiger partial charge in [0.25, 0.3) is 6.57 Å². The van der Waals surface area contributed by atoms with Gasteiger partial charge < -0.3 is 19.7 Å². The Morgan fingerprint density at radius 1 is 1.42 bits per heavy atom. The fourth-order valence-electron chi connectivity index (χ4n) is 2.22. The molecule has 0 aromatic rings. The van der Waals surface area contributed by atoms with Crippen LogP contribution in [-0.4, -0.2) is 59.4 Å². The molecular weight excluding hydrogens is 258 g/mol. The van der Waals surface area contributed by atoms with Crippen LogP contribution in [-0.2, 0) is 23.8 Å². The van der Waals surface area contributed by atoms with Gasteiger partial charge in [-0.15, -0.1) is 0 Å². The minimum absolute atomic E-state index is 0.0127. The van der Waals surface area contributed by atoms with Crippen molar-refractivity contribution in [1.29, 1.82) is 0 Å². The van der Waals surface area contributed by atoms with Crippen molar-refractivity contribution in [2.45, 2.75) is 36.9 Å². The number of carboxylic acids is 1. The highest BCUT2D eigenvalue weighted by molar-refractivity contribution is 5.76. The summed E-state index contributed by atoms with van der Waals surface area (Å²) in [5.41, 5.74) is -1.40. The highest BCUT2D eigenvalue weighted by Crippen LogP contribution is 2.40. The molecule has 8 nitrogen and oxygen atoms in total. The number of aliphatic hydroxyl groups excluding tert-OH is 1. The van der Waals surface area contributed by atoms with Gasteiger partial charge in [0.1, 0.15) is 6.10 Å². The van der Waals surface area contributed by atoms with E-state index in [2.05, 4.69) is 4.85 Å². The molecule has 104 valence electrons. The molecule has 0 unspecified atom stereocenters. The Morgan fingerprint density at radius 3 is 2.79 bits per heavy atom. The predicted molar refractivity (Wildman–Crippen MR) is 59.5 cm³/mol. The lowest BCUT2D eigenvalue weighted by Crippen LogP contribution is -2.46. The number of hydrogen-bond donors (Lipinski definition) is 2. The summed E-state index contributed by atoms with van der Waals surface area (Å²) in [7, 11) is 0. The number of aliphatic carboxylic acids is 1. The Bertz CT molecular complexity index is 431. The number of fused-ring (bicyclic) bond motifs is 1. The molecule has 0 saturated carbocycles. The van der Waals surface area contributed by atoms with Crippen LogP contribution < -0.4 is 0 Å². The number of ether oxygens (including phenoxy) is 3. The van der Waals surface area contributed by atoms with Crippen LogP contribution in [0.25, 0.3) is 4.85 Å². The van der Waals surface area contributed by atoms with E-state index in [0.29, 0.717) is 0 Å². The number of rotatable bonds is 4. The third-order valence-corrected chi connectivity index (χ3v) is 3.15. The summed E-state index contributed by atoms with van der Waals surface area (Å²) >= 11 is 0. The van der Waals surface area contributed by atoms with Crippen molar-refractivity contribution in [3.8, 4) is 6.57 Å². The molecule has 0 radical (unpaired) electrons. The molecule has 2 saturated heterocycles. The lowest BCUT2D eigenvalue weighted by molar-refractivity contribution is -0.160. The van der Waals surface area contributed by atoms with Crippen molar-refractivity contribution >= 4 is 11.9 Å². The molecule has 2 aliphatic rings. The molecule has 0 bridgehead atoms. The zero-order valence-electron chi connectivity index (χ0n) is 10.0. The van der Waals surface area contributed by atoms with Crippen molar-refractivity contribution in [2.75, 3.05) is 13.2 Å². The number of aliphatic hydroxyl groups is 1. The maximum atomic E-state index is 11.5. The van der Waals surface area contributed by atoms with Crippen LogP contribution in [0, 0.1) is 6.57 Å². The van der Waals surface area contributed by atoms with Crippen LogP contribution in [0.3, 0.4) is 0 Å². The van der Waals surface area contributed by atoms with Gasteiger partial charge in [0.2, 0.25) is 6.10 Å². The summed E-state index contributed by atoms with van der Waals surface area (Å²) in [6.07, 6.45) is -3.16. The van der Waals surface area contributed by atoms with Gasteiger partial charge in [0, 0.05) is 0 Å². The molecule has 4 atom stereocenters. The van der Waals surface area contributed by atoms with Gasteiger partial charge in [-0.1, -0.05) is 0 Å². The van der Waals surface area contributed by atoms with Crippen LogP contribution >= 0.6 is 0 Å². The van der Waals surface area contributed by atoms with Crippen LogP contribution in [0.2, 0.25) is 0 Å². The average Bonchev–Trinajstić information content (AvgIpc) is 2.87. The largest absolute Gasteiger partial charge is 0.481 e. The maximum absolute atomic E-state index is 11.5. The monoisotopic (exact) mass is 272 g/mol. The van der Waals surface area contributed by atoms with E-state index in [1.54, 1.807) is 0 Å². The van der Waals surface area contributed by atoms with Gasteiger partial charge in [-0.2, -0.15) is 0 Å². The highest BCUT2D eigenvalue weighted by Gasteiger charge is 2.71. The van der Waals surface area contributed by atoms with E-state index in [-0.39, 0.29) is 26.1 Å². The van der Waals surface area contributed by atoms with E-state index in [1.807, 2.05) is 0 Å². The third-order valence-electron chi connectivity index (χ3n) is 3.15. The minimum atomic E-state index is -1.40. The molecule has 0 aromatic carbocycles. The Kier molecular flexibility index (Phi) is 3.71. The highest BCUT2D eigenvalue weighted by atomic mass is 16.7. The number of carbonyl (C=O) groups is 2. The van der Waals surface area contributed by atoms with E-state index in [9.17, 15) is 14.7 Å². The van der Waals surface area contributed by atoms with Crippen molar-refractivity contribution in [3.05, 3.63) is 4.85 Å². The van der Waals surface area contributed by atoms with Gasteiger partial charge in [-0.25, -0.2) is 0 Å². The predicted octanol–water partition coefficient (Wildman–Crippen LogP) is -0.788. The number of carbonyl (C=O) groups excluding carboxylic acids is 1. The van der Waals surface area contributed by atoms with Crippen molar-refractivity contribution in [1.82, 2.24) is 0 Å². The third kappa shape index (κ3) is 2.40. The van der Waals surface area contributed by atoms with Crippen LogP contribution in [0.1, 0.15) is 12.8 Å². The minimum Gasteiger partial charge on any atom is -0.481 e. The van der Waals surface area contributed by atoms with E-state index < -0.39 is 36.0 Å². The summed E-state index contributed by atoms with van der Waals surface area (Å²) in [6, 6.07) is 0. The number of nitrogens with zero attached hydrogens (tertiary/aromatic N) is 1. The molecule has 2 heterocycles. The lowest BCUT2D eigenvalue weighted by Gasteiger charge is -2.16. The number of carboxylic acid groups (broad SMARTS) is 1. The second-order valence-electron chi connectivity index (χ2n) is 4.39. The normalized spacial score (nSPS) is 36.5. The summed E-state index contributed by atoms with van der Waals surface area (Å²) in [6.45, 7) is 5.25. The summed E-state index contributed by atoms with van der Waals surface area (Å²) in [5.74, 6) is -1.80. The Morgan fingerprint density at radius 2 is 2.16 bits per heavy atom. The summed E-state index contributed by atoms with van der Waals surface area (Å²) in [4.78, 5) is 25.4. The van der Waals surface area contributed by atoms with Crippen molar-refractivity contribution < 1.29 is 34.0 Å². The van der Waals surface area contributed by atoms with E-state index in [0.717, 1.165) is 0 Å². The Labute approximate surface area is 108 Å². The first-order chi connectivity index (χ1) is 8.99. The van der Waals surface area contributed by atoms with E-state index in [1.165, 1.54) is 0 Å².